The van der Waals surface area contributed by atoms with Crippen LogP contribution < -0.4 is 14.2 Å². The number of fused-ring (bicyclic) bond motifs is 1. The predicted octanol–water partition coefficient (Wildman–Crippen LogP) is 3.18. The zero-order valence-corrected chi connectivity index (χ0v) is 13.6. The molecule has 2 aromatic rings. The fourth-order valence-corrected chi connectivity index (χ4v) is 2.72. The van der Waals surface area contributed by atoms with Gasteiger partial charge in [0.2, 0.25) is 0 Å². The average molecular weight is 324 g/mol. The number of rotatable bonds is 4. The number of hydrogen-bond donors (Lipinski definition) is 0. The fraction of sp³-hybridized carbons (Fsp3) is 0.158. The Kier molecular flexibility index (Phi) is 4.08. The summed E-state index contributed by atoms with van der Waals surface area (Å²) in [5.74, 6) is 0.870. The number of carbonyl (C=O) groups excluding carboxylic acids is 2. The molecular formula is C19H16O5. The first-order chi connectivity index (χ1) is 11.6. The summed E-state index contributed by atoms with van der Waals surface area (Å²) >= 11 is 0. The first-order valence-electron chi connectivity index (χ1n) is 7.30. The van der Waals surface area contributed by atoms with Crippen molar-refractivity contribution in [1.29, 1.82) is 0 Å². The monoisotopic (exact) mass is 324 g/mol. The zero-order chi connectivity index (χ0) is 17.3. The second-order valence-electron chi connectivity index (χ2n) is 5.21. The van der Waals surface area contributed by atoms with E-state index < -0.39 is 0 Å². The first-order valence-corrected chi connectivity index (χ1v) is 7.30. The van der Waals surface area contributed by atoms with E-state index in [1.165, 1.54) is 27.4 Å². The molecule has 5 nitrogen and oxygen atoms in total. The summed E-state index contributed by atoms with van der Waals surface area (Å²) in [5.41, 5.74) is 1.45. The molecule has 0 unspecified atom stereocenters. The highest BCUT2D eigenvalue weighted by Crippen LogP contribution is 2.37. The molecule has 0 heterocycles. The molecule has 5 heteroatoms. The Morgan fingerprint density at radius 3 is 1.71 bits per heavy atom. The third kappa shape index (κ3) is 2.44. The van der Waals surface area contributed by atoms with Gasteiger partial charge >= 0.3 is 0 Å². The number of ether oxygens (including phenoxy) is 3. The number of benzene rings is 2. The molecule has 24 heavy (non-hydrogen) atoms. The Morgan fingerprint density at radius 2 is 1.29 bits per heavy atom. The Bertz CT molecular complexity index is 802. The molecule has 3 rings (SSSR count). The van der Waals surface area contributed by atoms with Crippen molar-refractivity contribution < 1.29 is 23.8 Å². The van der Waals surface area contributed by atoms with Crippen LogP contribution in [0.3, 0.4) is 0 Å². The van der Waals surface area contributed by atoms with E-state index in [1.807, 2.05) is 0 Å². The van der Waals surface area contributed by atoms with Gasteiger partial charge < -0.3 is 14.2 Å². The highest BCUT2D eigenvalue weighted by atomic mass is 16.5. The van der Waals surface area contributed by atoms with Crippen molar-refractivity contribution in [2.75, 3.05) is 21.3 Å². The van der Waals surface area contributed by atoms with Crippen LogP contribution in [-0.2, 0) is 0 Å². The van der Waals surface area contributed by atoms with E-state index in [-0.39, 0.29) is 17.1 Å². The molecular weight excluding hydrogens is 308 g/mol. The lowest BCUT2D eigenvalue weighted by molar-refractivity contribution is 0.0990. The molecule has 0 radical (unpaired) electrons. The molecule has 2 aromatic carbocycles. The number of hydrogen-bond acceptors (Lipinski definition) is 5. The lowest BCUT2D eigenvalue weighted by atomic mass is 10.0. The van der Waals surface area contributed by atoms with Crippen molar-refractivity contribution in [2.24, 2.45) is 0 Å². The van der Waals surface area contributed by atoms with Crippen LogP contribution in [0.4, 0.5) is 0 Å². The Balaban J connectivity index is 2.16. The van der Waals surface area contributed by atoms with Gasteiger partial charge in [0.1, 0.15) is 17.2 Å². The van der Waals surface area contributed by atoms with Crippen LogP contribution in [0.5, 0.6) is 17.2 Å². The van der Waals surface area contributed by atoms with Crippen LogP contribution in [0, 0.1) is 0 Å². The van der Waals surface area contributed by atoms with Gasteiger partial charge in [-0.25, -0.2) is 0 Å². The van der Waals surface area contributed by atoms with Gasteiger partial charge in [-0.15, -0.1) is 0 Å². The fourth-order valence-electron chi connectivity index (χ4n) is 2.72. The maximum Gasteiger partial charge on any atom is 0.197 e. The smallest absolute Gasteiger partial charge is 0.197 e. The molecule has 0 aromatic heterocycles. The molecule has 0 fully saturated rings. The Hall–Kier alpha value is -3.08. The second-order valence-corrected chi connectivity index (χ2v) is 5.21. The summed E-state index contributed by atoms with van der Waals surface area (Å²) < 4.78 is 15.9. The van der Waals surface area contributed by atoms with Gasteiger partial charge in [-0.1, -0.05) is 24.3 Å². The molecule has 0 bridgehead atoms. The summed E-state index contributed by atoms with van der Waals surface area (Å²) in [6.07, 6.45) is 1.52. The predicted molar refractivity (Wildman–Crippen MR) is 89.2 cm³/mol. The van der Waals surface area contributed by atoms with E-state index in [0.717, 1.165) is 0 Å². The molecule has 0 aliphatic heterocycles. The van der Waals surface area contributed by atoms with Gasteiger partial charge in [0.25, 0.3) is 0 Å². The standard InChI is InChI=1S/C19H16O5/c1-22-11-8-16(23-2)14(17(9-11)24-3)10-15-18(20)12-6-4-5-7-13(12)19(15)21/h4-10H,1-3H3. The number of allylic oxidation sites excluding steroid dienone is 1. The van der Waals surface area contributed by atoms with Gasteiger partial charge in [-0.2, -0.15) is 0 Å². The van der Waals surface area contributed by atoms with E-state index in [0.29, 0.717) is 33.9 Å². The van der Waals surface area contributed by atoms with E-state index in [1.54, 1.807) is 36.4 Å². The Morgan fingerprint density at radius 1 is 0.792 bits per heavy atom. The maximum atomic E-state index is 12.5. The Labute approximate surface area is 139 Å². The molecule has 1 aliphatic carbocycles. The number of carbonyl (C=O) groups is 2. The van der Waals surface area contributed by atoms with Gasteiger partial charge in [0.05, 0.1) is 32.5 Å². The quantitative estimate of drug-likeness (QED) is 0.638. The minimum absolute atomic E-state index is 0.0953. The van der Waals surface area contributed by atoms with Crippen molar-refractivity contribution in [3.63, 3.8) is 0 Å². The van der Waals surface area contributed by atoms with Crippen molar-refractivity contribution in [3.8, 4) is 17.2 Å². The summed E-state index contributed by atoms with van der Waals surface area (Å²) in [6, 6.07) is 10.1. The second kappa shape index (κ2) is 6.20. The number of ketones is 2. The van der Waals surface area contributed by atoms with Crippen LogP contribution in [0.25, 0.3) is 6.08 Å². The van der Waals surface area contributed by atoms with Crippen LogP contribution in [-0.4, -0.2) is 32.9 Å². The summed E-state index contributed by atoms with van der Waals surface area (Å²) in [7, 11) is 4.54. The molecule has 0 atom stereocenters. The minimum Gasteiger partial charge on any atom is -0.496 e. The van der Waals surface area contributed by atoms with Gasteiger partial charge in [0.15, 0.2) is 11.6 Å². The van der Waals surface area contributed by atoms with Crippen LogP contribution in [0.2, 0.25) is 0 Å². The first kappa shape index (κ1) is 15.8. The number of methoxy groups -OCH3 is 3. The van der Waals surface area contributed by atoms with Crippen LogP contribution >= 0.6 is 0 Å². The van der Waals surface area contributed by atoms with Crippen molar-refractivity contribution in [3.05, 3.63) is 58.7 Å². The van der Waals surface area contributed by atoms with E-state index in [2.05, 4.69) is 0 Å². The molecule has 1 aliphatic rings. The van der Waals surface area contributed by atoms with Crippen molar-refractivity contribution in [1.82, 2.24) is 0 Å². The van der Waals surface area contributed by atoms with E-state index in [9.17, 15) is 9.59 Å². The van der Waals surface area contributed by atoms with Gasteiger partial charge in [0, 0.05) is 23.3 Å². The van der Waals surface area contributed by atoms with Gasteiger partial charge in [-0.05, 0) is 6.08 Å². The molecule has 122 valence electrons. The normalized spacial score (nSPS) is 12.9. The number of Topliss-reactive ketones (excluding diaryl/α,β-unsaturated/α-hetero) is 2. The molecule has 0 saturated carbocycles. The maximum absolute atomic E-state index is 12.5. The van der Waals surface area contributed by atoms with E-state index >= 15 is 0 Å². The zero-order valence-electron chi connectivity index (χ0n) is 13.6. The topological polar surface area (TPSA) is 61.8 Å². The third-order valence-electron chi connectivity index (χ3n) is 3.95. The molecule has 0 N–H and O–H groups in total. The van der Waals surface area contributed by atoms with Crippen molar-refractivity contribution >= 4 is 17.6 Å². The minimum atomic E-state index is -0.296. The molecule has 0 amide bonds. The summed E-state index contributed by atoms with van der Waals surface area (Å²) in [5, 5.41) is 0. The van der Waals surface area contributed by atoms with Gasteiger partial charge in [-0.3, -0.25) is 9.59 Å². The molecule has 0 spiro atoms. The van der Waals surface area contributed by atoms with E-state index in [4.69, 9.17) is 14.2 Å². The molecule has 0 saturated heterocycles. The highest BCUT2D eigenvalue weighted by Gasteiger charge is 2.33. The highest BCUT2D eigenvalue weighted by molar-refractivity contribution is 6.41. The largest absolute Gasteiger partial charge is 0.496 e. The van der Waals surface area contributed by atoms with Crippen LogP contribution in [0.1, 0.15) is 26.3 Å². The average Bonchev–Trinajstić information content (AvgIpc) is 2.86. The van der Waals surface area contributed by atoms with Crippen molar-refractivity contribution in [2.45, 2.75) is 0 Å². The lowest BCUT2D eigenvalue weighted by Crippen LogP contribution is -2.02. The SMILES string of the molecule is COc1cc(OC)c(C=C2C(=O)c3ccccc3C2=O)c(OC)c1. The summed E-state index contributed by atoms with van der Waals surface area (Å²) in [4.78, 5) is 25.1. The van der Waals surface area contributed by atoms with Crippen LogP contribution in [0.15, 0.2) is 42.0 Å². The lowest BCUT2D eigenvalue weighted by Gasteiger charge is -2.13. The summed E-state index contributed by atoms with van der Waals surface area (Å²) in [6.45, 7) is 0. The third-order valence-corrected chi connectivity index (χ3v) is 3.95.